The molecule has 37 heavy (non-hydrogen) atoms. The predicted molar refractivity (Wildman–Crippen MR) is 146 cm³/mol. The fourth-order valence-electron chi connectivity index (χ4n) is 3.68. The summed E-state index contributed by atoms with van der Waals surface area (Å²) in [6.45, 7) is 8.91. The molecule has 2 unspecified atom stereocenters. The third-order valence-corrected chi connectivity index (χ3v) is 5.77. The van der Waals surface area contributed by atoms with Crippen molar-refractivity contribution < 1.29 is 29.0 Å². The number of amides is 3. The summed E-state index contributed by atoms with van der Waals surface area (Å²) >= 11 is 4.27. The van der Waals surface area contributed by atoms with Crippen LogP contribution in [0.1, 0.15) is 51.3 Å². The average Bonchev–Trinajstić information content (AvgIpc) is 2.83. The standard InChI is InChI=1S/C27H37N3O6S/c1-7-15-30(25(33)21(16-37)29-26(34)36-27(3,4)5)22(20-10-8-9-17(2)23(20)31)24(32)28-18-11-13-19(35-6)14-12-18/h8-14,21-22,31,37H,7,15-16H2,1-6H3,(H,28,32)(H,29,34). The van der Waals surface area contributed by atoms with Crippen LogP contribution in [0.15, 0.2) is 42.5 Å². The number of phenolic OH excluding ortho intramolecular Hbond substituents is 1. The Morgan fingerprint density at radius 3 is 2.30 bits per heavy atom. The second-order valence-corrected chi connectivity index (χ2v) is 9.91. The number of anilines is 1. The number of methoxy groups -OCH3 is 1. The Labute approximate surface area is 223 Å². The van der Waals surface area contributed by atoms with Gasteiger partial charge in [-0.1, -0.05) is 25.1 Å². The molecule has 0 fully saturated rings. The quantitative estimate of drug-likeness (QED) is 0.337. The summed E-state index contributed by atoms with van der Waals surface area (Å²) in [7, 11) is 1.54. The largest absolute Gasteiger partial charge is 0.507 e. The van der Waals surface area contributed by atoms with E-state index < -0.39 is 35.6 Å². The topological polar surface area (TPSA) is 117 Å². The first-order valence-corrected chi connectivity index (χ1v) is 12.7. The molecule has 2 atom stereocenters. The zero-order valence-electron chi connectivity index (χ0n) is 22.2. The fraction of sp³-hybridized carbons (Fsp3) is 0.444. The fourth-order valence-corrected chi connectivity index (χ4v) is 3.93. The molecule has 202 valence electrons. The summed E-state index contributed by atoms with van der Waals surface area (Å²) < 4.78 is 10.5. The number of thiol groups is 1. The Morgan fingerprint density at radius 2 is 1.76 bits per heavy atom. The first kappa shape index (κ1) is 29.8. The monoisotopic (exact) mass is 531 g/mol. The highest BCUT2D eigenvalue weighted by Gasteiger charge is 2.37. The number of hydrogen-bond donors (Lipinski definition) is 4. The van der Waals surface area contributed by atoms with Crippen LogP contribution < -0.4 is 15.4 Å². The van der Waals surface area contributed by atoms with E-state index in [-0.39, 0.29) is 23.6 Å². The first-order chi connectivity index (χ1) is 17.4. The van der Waals surface area contributed by atoms with Crippen molar-refractivity contribution in [2.24, 2.45) is 0 Å². The zero-order chi connectivity index (χ0) is 27.8. The lowest BCUT2D eigenvalue weighted by molar-refractivity contribution is -0.140. The second-order valence-electron chi connectivity index (χ2n) is 9.55. The highest BCUT2D eigenvalue weighted by atomic mass is 32.1. The maximum atomic E-state index is 13.7. The third kappa shape index (κ3) is 8.31. The molecule has 0 heterocycles. The number of phenols is 1. The molecule has 2 aromatic rings. The minimum absolute atomic E-state index is 0.0229. The highest BCUT2D eigenvalue weighted by molar-refractivity contribution is 7.80. The number of aromatic hydroxyl groups is 1. The Bertz CT molecular complexity index is 1080. The van der Waals surface area contributed by atoms with E-state index in [9.17, 15) is 19.5 Å². The molecule has 0 spiro atoms. The van der Waals surface area contributed by atoms with Crippen molar-refractivity contribution in [3.8, 4) is 11.5 Å². The van der Waals surface area contributed by atoms with Crippen molar-refractivity contribution in [3.05, 3.63) is 53.6 Å². The summed E-state index contributed by atoms with van der Waals surface area (Å²) in [5.74, 6) is -0.542. The van der Waals surface area contributed by atoms with E-state index in [1.54, 1.807) is 77.3 Å². The molecular formula is C27H37N3O6S. The number of hydrogen-bond acceptors (Lipinski definition) is 7. The van der Waals surface area contributed by atoms with Gasteiger partial charge in [-0.25, -0.2) is 4.79 Å². The Kier molecular flexibility index (Phi) is 10.7. The van der Waals surface area contributed by atoms with E-state index in [4.69, 9.17) is 9.47 Å². The lowest BCUT2D eigenvalue weighted by atomic mass is 9.99. The van der Waals surface area contributed by atoms with Gasteiger partial charge < -0.3 is 30.1 Å². The SMILES string of the molecule is CCCN(C(=O)C(CS)NC(=O)OC(C)(C)C)C(C(=O)Nc1ccc(OC)cc1)c1cccc(C)c1O. The van der Waals surface area contributed by atoms with Gasteiger partial charge >= 0.3 is 6.09 Å². The number of aryl methyl sites for hydroxylation is 1. The van der Waals surface area contributed by atoms with Crippen LogP contribution >= 0.6 is 12.6 Å². The lowest BCUT2D eigenvalue weighted by Gasteiger charge is -2.34. The van der Waals surface area contributed by atoms with Gasteiger partial charge in [-0.3, -0.25) is 9.59 Å². The van der Waals surface area contributed by atoms with Crippen LogP contribution in [0.4, 0.5) is 10.5 Å². The van der Waals surface area contributed by atoms with Gasteiger partial charge in [0.1, 0.15) is 29.2 Å². The minimum Gasteiger partial charge on any atom is -0.507 e. The van der Waals surface area contributed by atoms with Gasteiger partial charge in [-0.15, -0.1) is 0 Å². The van der Waals surface area contributed by atoms with Gasteiger partial charge in [0.25, 0.3) is 5.91 Å². The molecule has 3 N–H and O–H groups in total. The van der Waals surface area contributed by atoms with Crippen LogP contribution in [-0.4, -0.2) is 59.0 Å². The van der Waals surface area contributed by atoms with Gasteiger partial charge in [-0.05, 0) is 63.9 Å². The van der Waals surface area contributed by atoms with Crippen molar-refractivity contribution in [2.45, 2.75) is 58.7 Å². The maximum absolute atomic E-state index is 13.7. The third-order valence-electron chi connectivity index (χ3n) is 5.40. The molecule has 2 rings (SSSR count). The van der Waals surface area contributed by atoms with Gasteiger partial charge in [0.05, 0.1) is 7.11 Å². The molecule has 0 saturated heterocycles. The number of carbonyl (C=O) groups excluding carboxylic acids is 3. The van der Waals surface area contributed by atoms with Crippen molar-refractivity contribution in [3.63, 3.8) is 0 Å². The zero-order valence-corrected chi connectivity index (χ0v) is 23.1. The van der Waals surface area contributed by atoms with Gasteiger partial charge in [0.2, 0.25) is 5.91 Å². The number of carbonyl (C=O) groups is 3. The van der Waals surface area contributed by atoms with Gasteiger partial charge in [0.15, 0.2) is 0 Å². The van der Waals surface area contributed by atoms with Crippen molar-refractivity contribution in [1.29, 1.82) is 0 Å². The van der Waals surface area contributed by atoms with Gasteiger partial charge in [-0.2, -0.15) is 12.6 Å². The number of nitrogens with zero attached hydrogens (tertiary/aromatic N) is 1. The number of benzene rings is 2. The molecule has 10 heteroatoms. The molecule has 0 saturated carbocycles. The summed E-state index contributed by atoms with van der Waals surface area (Å²) in [5, 5.41) is 16.3. The van der Waals surface area contributed by atoms with Crippen molar-refractivity contribution in [2.75, 3.05) is 24.7 Å². The molecule has 0 aromatic heterocycles. The van der Waals surface area contributed by atoms with E-state index in [0.717, 1.165) is 0 Å². The maximum Gasteiger partial charge on any atom is 0.408 e. The number of rotatable bonds is 10. The summed E-state index contributed by atoms with van der Waals surface area (Å²) in [4.78, 5) is 41.2. The number of alkyl carbamates (subject to hydrolysis) is 1. The van der Waals surface area contributed by atoms with E-state index in [1.807, 2.05) is 6.92 Å². The average molecular weight is 532 g/mol. The molecule has 0 bridgehead atoms. The lowest BCUT2D eigenvalue weighted by Crippen LogP contribution is -2.53. The normalized spacial score (nSPS) is 12.7. The predicted octanol–water partition coefficient (Wildman–Crippen LogP) is 4.45. The molecule has 0 aliphatic carbocycles. The highest BCUT2D eigenvalue weighted by Crippen LogP contribution is 2.33. The van der Waals surface area contributed by atoms with E-state index >= 15 is 0 Å². The van der Waals surface area contributed by atoms with E-state index in [1.165, 1.54) is 4.90 Å². The minimum atomic E-state index is -1.18. The smallest absolute Gasteiger partial charge is 0.408 e. The molecule has 0 radical (unpaired) electrons. The summed E-state index contributed by atoms with van der Waals surface area (Å²) in [6.07, 6.45) is -0.245. The van der Waals surface area contributed by atoms with Crippen molar-refractivity contribution >= 4 is 36.2 Å². The molecule has 2 aromatic carbocycles. The number of ether oxygens (including phenoxy) is 2. The van der Waals surface area contributed by atoms with Crippen LogP contribution in [0.3, 0.4) is 0 Å². The Balaban J connectivity index is 2.48. The Hall–Kier alpha value is -3.40. The van der Waals surface area contributed by atoms with Crippen LogP contribution in [-0.2, 0) is 14.3 Å². The van der Waals surface area contributed by atoms with Crippen molar-refractivity contribution in [1.82, 2.24) is 10.2 Å². The first-order valence-electron chi connectivity index (χ1n) is 12.1. The number of nitrogens with one attached hydrogen (secondary N) is 2. The molecular weight excluding hydrogens is 494 g/mol. The van der Waals surface area contributed by atoms with E-state index in [2.05, 4.69) is 23.3 Å². The summed E-state index contributed by atoms with van der Waals surface area (Å²) in [6, 6.07) is 9.54. The molecule has 9 nitrogen and oxygen atoms in total. The second kappa shape index (κ2) is 13.2. The van der Waals surface area contributed by atoms with Crippen LogP contribution in [0.25, 0.3) is 0 Å². The van der Waals surface area contributed by atoms with Crippen LogP contribution in [0.2, 0.25) is 0 Å². The van der Waals surface area contributed by atoms with E-state index in [0.29, 0.717) is 23.4 Å². The van der Waals surface area contributed by atoms with Crippen LogP contribution in [0, 0.1) is 6.92 Å². The Morgan fingerprint density at radius 1 is 1.11 bits per heavy atom. The molecule has 0 aliphatic rings. The van der Waals surface area contributed by atoms with Gasteiger partial charge in [0, 0.05) is 23.5 Å². The molecule has 3 amide bonds. The molecule has 0 aliphatic heterocycles. The van der Waals surface area contributed by atoms with Crippen LogP contribution in [0.5, 0.6) is 11.5 Å². The summed E-state index contributed by atoms with van der Waals surface area (Å²) in [5.41, 5.74) is 0.555. The number of para-hydroxylation sites is 1.